The minimum Gasteiger partial charge on any atom is -0.289 e. The number of allylic oxidation sites excluding steroid dienone is 8. The summed E-state index contributed by atoms with van der Waals surface area (Å²) in [6, 6.07) is 48.8. The molecule has 0 radical (unpaired) electrons. The summed E-state index contributed by atoms with van der Waals surface area (Å²) in [7, 11) is 0. The van der Waals surface area contributed by atoms with E-state index in [9.17, 15) is 0 Å². The van der Waals surface area contributed by atoms with Gasteiger partial charge in [-0.05, 0) is 127 Å². The molecular weight excluding hydrogens is 629 g/mol. The molecule has 6 aliphatic rings. The molecule has 1 heteroatoms. The fourth-order valence-electron chi connectivity index (χ4n) is 11.2. The third-order valence-electron chi connectivity index (χ3n) is 13.1. The maximum absolute atomic E-state index is 15.0. The fourth-order valence-corrected chi connectivity index (χ4v) is 11.2. The largest absolute Gasteiger partial charge is 0.289 e. The molecule has 52 heavy (non-hydrogen) atoms. The summed E-state index contributed by atoms with van der Waals surface area (Å²) in [5.74, 6) is 0.0714. The topological polar surface area (TPSA) is 17.1 Å². The van der Waals surface area contributed by atoms with Gasteiger partial charge in [-0.2, -0.15) is 0 Å². The van der Waals surface area contributed by atoms with Crippen molar-refractivity contribution in [2.45, 2.75) is 36.5 Å². The second-order valence-electron chi connectivity index (χ2n) is 15.2. The van der Waals surface area contributed by atoms with Gasteiger partial charge < -0.3 is 0 Å². The first-order valence-electron chi connectivity index (χ1n) is 18.8. The highest BCUT2D eigenvalue weighted by atomic mass is 16.1. The molecule has 244 valence electrons. The van der Waals surface area contributed by atoms with E-state index in [1.807, 2.05) is 0 Å². The number of hydrogen-bond acceptors (Lipinski definition) is 1. The quantitative estimate of drug-likeness (QED) is 0.169. The Morgan fingerprint density at radius 3 is 1.21 bits per heavy atom. The number of benzene rings is 6. The van der Waals surface area contributed by atoms with Crippen molar-refractivity contribution in [3.05, 3.63) is 225 Å². The summed E-state index contributed by atoms with van der Waals surface area (Å²) in [5, 5.41) is 0. The zero-order valence-corrected chi connectivity index (χ0v) is 28.7. The number of hydrogen-bond donors (Lipinski definition) is 0. The smallest absolute Gasteiger partial charge is 0.193 e. The second kappa shape index (κ2) is 10.0. The SMILES string of the molecule is O=C(c1ccc2c(c1)C1(C3=C(CCC=C3)c3ccccc31)c1ccccc1-2)c1ccc2c(c1)C1(C3=C(CCC=C3)c3ccccc31)c1ccccc1-2. The van der Waals surface area contributed by atoms with Crippen molar-refractivity contribution in [2.75, 3.05) is 0 Å². The van der Waals surface area contributed by atoms with Crippen LogP contribution in [0.15, 0.2) is 169 Å². The van der Waals surface area contributed by atoms with Gasteiger partial charge in [-0.3, -0.25) is 4.79 Å². The monoisotopic (exact) mass is 662 g/mol. The van der Waals surface area contributed by atoms with Gasteiger partial charge in [0.2, 0.25) is 0 Å². The van der Waals surface area contributed by atoms with Crippen LogP contribution in [0.3, 0.4) is 0 Å². The number of rotatable bonds is 2. The molecule has 0 saturated carbocycles. The fraction of sp³-hybridized carbons (Fsp3) is 0.118. The molecule has 12 rings (SSSR count). The number of ketones is 1. The van der Waals surface area contributed by atoms with Gasteiger partial charge in [0, 0.05) is 11.1 Å². The molecule has 1 nitrogen and oxygen atoms in total. The Kier molecular flexibility index (Phi) is 5.53. The Morgan fingerprint density at radius 1 is 0.404 bits per heavy atom. The Hall–Kier alpha value is -6.05. The van der Waals surface area contributed by atoms with Crippen LogP contribution in [-0.4, -0.2) is 5.78 Å². The van der Waals surface area contributed by atoms with E-state index in [4.69, 9.17) is 0 Å². The van der Waals surface area contributed by atoms with Crippen molar-refractivity contribution in [1.29, 1.82) is 0 Å². The highest BCUT2D eigenvalue weighted by molar-refractivity contribution is 6.11. The van der Waals surface area contributed by atoms with Gasteiger partial charge >= 0.3 is 0 Å². The number of carbonyl (C=O) groups is 1. The lowest BCUT2D eigenvalue weighted by molar-refractivity contribution is 0.103. The minimum atomic E-state index is -0.432. The van der Waals surface area contributed by atoms with Crippen molar-refractivity contribution in [1.82, 2.24) is 0 Å². The predicted molar refractivity (Wildman–Crippen MR) is 210 cm³/mol. The standard InChI is InChI=1S/C51H34O/c52-49(31-25-27-39-37-17-5-11-23-45(37)50(47(39)29-31)41-19-7-1-13-33(41)34-14-2-8-20-42(34)50)32-26-28-40-38-18-6-12-24-46(38)51(48(40)30-32)43-21-9-3-15-35(43)36-16-4-10-22-44(36)51/h1,3,5-13,15,17-30H,2,4,14,16H2. The highest BCUT2D eigenvalue weighted by Gasteiger charge is 2.54. The lowest BCUT2D eigenvalue weighted by atomic mass is 9.68. The van der Waals surface area contributed by atoms with E-state index in [-0.39, 0.29) is 5.78 Å². The van der Waals surface area contributed by atoms with Crippen molar-refractivity contribution >= 4 is 16.9 Å². The molecule has 2 spiro atoms. The molecule has 0 bridgehead atoms. The summed E-state index contributed by atoms with van der Waals surface area (Å²) in [4.78, 5) is 15.0. The lowest BCUT2D eigenvalue weighted by Gasteiger charge is -2.32. The van der Waals surface area contributed by atoms with Crippen LogP contribution in [0.1, 0.15) is 86.1 Å². The summed E-state index contributed by atoms with van der Waals surface area (Å²) in [6.07, 6.45) is 13.6. The first kappa shape index (κ1) is 28.6. The van der Waals surface area contributed by atoms with Crippen LogP contribution in [0, 0.1) is 0 Å². The molecular formula is C51H34O. The molecule has 6 aromatic carbocycles. The van der Waals surface area contributed by atoms with E-state index in [1.165, 1.54) is 89.1 Å². The van der Waals surface area contributed by atoms with Crippen LogP contribution >= 0.6 is 0 Å². The number of fused-ring (bicyclic) bond motifs is 18. The molecule has 2 atom stereocenters. The van der Waals surface area contributed by atoms with E-state index in [0.29, 0.717) is 0 Å². The van der Waals surface area contributed by atoms with E-state index >= 15 is 4.79 Å². The zero-order valence-electron chi connectivity index (χ0n) is 28.7. The third kappa shape index (κ3) is 3.25. The van der Waals surface area contributed by atoms with Gasteiger partial charge in [0.25, 0.3) is 0 Å². The van der Waals surface area contributed by atoms with Gasteiger partial charge in [-0.25, -0.2) is 0 Å². The average Bonchev–Trinajstić information content (AvgIpc) is 3.89. The number of carbonyl (C=O) groups excluding carboxylic acids is 1. The molecule has 0 aliphatic heterocycles. The Bertz CT molecular complexity index is 2580. The Morgan fingerprint density at radius 2 is 0.769 bits per heavy atom. The van der Waals surface area contributed by atoms with Crippen molar-refractivity contribution in [3.63, 3.8) is 0 Å². The van der Waals surface area contributed by atoms with Crippen LogP contribution in [0.25, 0.3) is 33.4 Å². The molecule has 0 fully saturated rings. The van der Waals surface area contributed by atoms with E-state index in [0.717, 1.165) is 36.8 Å². The van der Waals surface area contributed by atoms with Crippen molar-refractivity contribution < 1.29 is 4.79 Å². The highest BCUT2D eigenvalue weighted by Crippen LogP contribution is 2.65. The first-order valence-corrected chi connectivity index (χ1v) is 18.8. The molecule has 0 N–H and O–H groups in total. The summed E-state index contributed by atoms with van der Waals surface area (Å²) >= 11 is 0. The van der Waals surface area contributed by atoms with Crippen LogP contribution in [0.2, 0.25) is 0 Å². The predicted octanol–water partition coefficient (Wildman–Crippen LogP) is 11.8. The van der Waals surface area contributed by atoms with E-state index in [1.54, 1.807) is 0 Å². The van der Waals surface area contributed by atoms with Gasteiger partial charge in [-0.15, -0.1) is 0 Å². The Labute approximate surface area is 304 Å². The summed E-state index contributed by atoms with van der Waals surface area (Å²) in [6.45, 7) is 0. The van der Waals surface area contributed by atoms with E-state index in [2.05, 4.69) is 158 Å². The van der Waals surface area contributed by atoms with Crippen molar-refractivity contribution in [2.24, 2.45) is 0 Å². The van der Waals surface area contributed by atoms with Gasteiger partial charge in [0.05, 0.1) is 10.8 Å². The van der Waals surface area contributed by atoms with Gasteiger partial charge in [-0.1, -0.05) is 146 Å². The van der Waals surface area contributed by atoms with Crippen LogP contribution in [0.5, 0.6) is 0 Å². The van der Waals surface area contributed by atoms with E-state index < -0.39 is 10.8 Å². The maximum Gasteiger partial charge on any atom is 0.193 e. The average molecular weight is 663 g/mol. The van der Waals surface area contributed by atoms with Gasteiger partial charge in [0.1, 0.15) is 0 Å². The second-order valence-corrected chi connectivity index (χ2v) is 15.2. The zero-order chi connectivity index (χ0) is 34.2. The molecule has 6 aromatic rings. The molecule has 2 unspecified atom stereocenters. The molecule has 0 aromatic heterocycles. The molecule has 0 heterocycles. The van der Waals surface area contributed by atoms with Gasteiger partial charge in [0.15, 0.2) is 5.78 Å². The summed E-state index contributed by atoms with van der Waals surface area (Å²) in [5.41, 5.74) is 21.7. The molecule has 0 saturated heterocycles. The molecule has 6 aliphatic carbocycles. The molecule has 0 amide bonds. The third-order valence-corrected chi connectivity index (χ3v) is 13.1. The first-order chi connectivity index (χ1) is 25.7. The lowest BCUT2D eigenvalue weighted by Crippen LogP contribution is -2.27. The normalized spacial score (nSPS) is 21.8. The van der Waals surface area contributed by atoms with Crippen LogP contribution in [0.4, 0.5) is 0 Å². The van der Waals surface area contributed by atoms with Crippen LogP contribution in [-0.2, 0) is 10.8 Å². The minimum absolute atomic E-state index is 0.0714. The Balaban J connectivity index is 1.06. The maximum atomic E-state index is 15.0. The summed E-state index contributed by atoms with van der Waals surface area (Å²) < 4.78 is 0. The van der Waals surface area contributed by atoms with Crippen LogP contribution < -0.4 is 0 Å². The van der Waals surface area contributed by atoms with Crippen molar-refractivity contribution in [3.8, 4) is 22.3 Å².